The maximum atomic E-state index is 13.9. The Morgan fingerprint density at radius 3 is 2.52 bits per heavy atom. The van der Waals surface area contributed by atoms with Crippen molar-refractivity contribution >= 4 is 51.8 Å². The number of aliphatic carboxylic acids is 1. The number of aliphatic imine (C=N–C) groups is 1. The number of rotatable bonds is 15. The molecule has 5 heterocycles. The smallest absolute Gasteiger partial charge is 0.322 e. The van der Waals surface area contributed by atoms with E-state index < -0.39 is 23.5 Å². The Kier molecular flexibility index (Phi) is 13.3. The van der Waals surface area contributed by atoms with Gasteiger partial charge in [-0.15, -0.1) is 11.3 Å². The highest BCUT2D eigenvalue weighted by molar-refractivity contribution is 7.10. The lowest BCUT2D eigenvalue weighted by molar-refractivity contribution is -0.148. The monoisotopic (exact) mass is 844 g/mol. The van der Waals surface area contributed by atoms with Crippen LogP contribution in [0.25, 0.3) is 27.7 Å². The van der Waals surface area contributed by atoms with Crippen molar-refractivity contribution in [2.75, 3.05) is 53.5 Å². The van der Waals surface area contributed by atoms with Gasteiger partial charge in [0.2, 0.25) is 5.91 Å². The number of aromatic nitrogens is 2. The molecule has 15 heteroatoms. The van der Waals surface area contributed by atoms with Gasteiger partial charge in [0.25, 0.3) is 5.91 Å². The van der Waals surface area contributed by atoms with Crippen molar-refractivity contribution < 1.29 is 29.3 Å². The number of likely N-dealkylation sites (N-methyl/N-ethyl adjacent to an activating group) is 1. The minimum absolute atomic E-state index is 0.0262. The van der Waals surface area contributed by atoms with E-state index in [1.54, 1.807) is 7.11 Å². The number of nitrogens with zero attached hydrogens (tertiary/aromatic N) is 6. The zero-order valence-electron chi connectivity index (χ0n) is 36.5. The van der Waals surface area contributed by atoms with Crippen molar-refractivity contribution in [3.8, 4) is 11.3 Å². The van der Waals surface area contributed by atoms with Gasteiger partial charge in [0, 0.05) is 105 Å². The van der Waals surface area contributed by atoms with Crippen molar-refractivity contribution in [1.82, 2.24) is 35.1 Å². The predicted molar refractivity (Wildman–Crippen MR) is 236 cm³/mol. The standard InChI is InChI=1S/C45H64N8O6S/c1-9-52-36-13-12-29(35-24-60-38(47-35)21-34(48-42(55)30-19-26(30)2)43(56)53-14-10-11-33(49-53)44(57)58)20-31(36)32(22-45(5,6)25-54)41(52)39-27(3)37(23-46-40(39)28(4)59-8)51-17-15-50(7)16-18-51/h12-13,20,23-24,26-28,30,33-34,37,49,54H,9-11,14-19,21-22,25H2,1-8H3,(H,48,55)(H,57,58)/t26-,27?,28-,30-,33-,34-,37?/m0/s1. The molecule has 1 aromatic carbocycles. The highest BCUT2D eigenvalue weighted by Crippen LogP contribution is 2.44. The van der Waals surface area contributed by atoms with Crippen molar-refractivity contribution in [3.63, 3.8) is 0 Å². The van der Waals surface area contributed by atoms with Gasteiger partial charge in [0.15, 0.2) is 0 Å². The molecule has 4 aliphatic rings. The number of ether oxygens (including phenoxy) is 1. The Labute approximate surface area is 358 Å². The summed E-state index contributed by atoms with van der Waals surface area (Å²) < 4.78 is 8.39. The van der Waals surface area contributed by atoms with E-state index in [4.69, 9.17) is 14.7 Å². The number of nitrogens with one attached hydrogen (secondary N) is 2. The molecule has 3 fully saturated rings. The number of hydrazine groups is 1. The topological polar surface area (TPSA) is 165 Å². The fourth-order valence-corrected chi connectivity index (χ4v) is 10.0. The lowest BCUT2D eigenvalue weighted by Gasteiger charge is -2.42. The number of fused-ring (bicyclic) bond motifs is 1. The van der Waals surface area contributed by atoms with Crippen LogP contribution in [-0.2, 0) is 38.5 Å². The van der Waals surface area contributed by atoms with E-state index in [1.165, 1.54) is 21.9 Å². The second kappa shape index (κ2) is 18.2. The Morgan fingerprint density at radius 1 is 1.13 bits per heavy atom. The van der Waals surface area contributed by atoms with Crippen molar-refractivity contribution in [2.45, 2.75) is 104 Å². The van der Waals surface area contributed by atoms with Crippen LogP contribution in [0.2, 0.25) is 0 Å². The number of carboxylic acids is 1. The quantitative estimate of drug-likeness (QED) is 0.169. The number of aliphatic hydroxyl groups excluding tert-OH is 1. The minimum Gasteiger partial charge on any atom is -0.480 e. The summed E-state index contributed by atoms with van der Waals surface area (Å²) in [4.78, 5) is 54.1. The first kappa shape index (κ1) is 44.1. The normalized spacial score (nSPS) is 25.1. The fraction of sp³-hybridized carbons (Fsp3) is 0.622. The summed E-state index contributed by atoms with van der Waals surface area (Å²) in [7, 11) is 3.91. The van der Waals surface area contributed by atoms with Crippen LogP contribution in [0.15, 0.2) is 34.3 Å². The number of hydrogen-bond acceptors (Lipinski definition) is 11. The molecule has 326 valence electrons. The SMILES string of the molecule is CCn1c(C2=C([C@H](C)OC)N=CC(N3CCN(C)CC3)C2C)c(CC(C)(C)CO)c2cc(-c3csc(C[C@H](NC(=O)[C@H]4C[C@@H]4C)C(=O)N4CCC[C@@H](C(=O)O)N4)n3)ccc21. The van der Waals surface area contributed by atoms with Gasteiger partial charge in [-0.05, 0) is 75.6 Å². The predicted octanol–water partition coefficient (Wildman–Crippen LogP) is 4.69. The van der Waals surface area contributed by atoms with E-state index in [2.05, 4.69) is 91.2 Å². The summed E-state index contributed by atoms with van der Waals surface area (Å²) in [5.74, 6) is -1.27. The third-order valence-electron chi connectivity index (χ3n) is 13.2. The van der Waals surface area contributed by atoms with Crippen LogP contribution < -0.4 is 10.7 Å². The van der Waals surface area contributed by atoms with Crippen LogP contribution in [0.3, 0.4) is 0 Å². The number of hydrogen-bond donors (Lipinski definition) is 4. The molecule has 0 bridgehead atoms. The van der Waals surface area contributed by atoms with Crippen LogP contribution in [0, 0.1) is 23.2 Å². The zero-order chi connectivity index (χ0) is 43.0. The van der Waals surface area contributed by atoms with Crippen LogP contribution in [0.1, 0.15) is 77.1 Å². The molecule has 0 spiro atoms. The summed E-state index contributed by atoms with van der Waals surface area (Å²) in [6.07, 6.45) is 4.48. The average molecular weight is 845 g/mol. The van der Waals surface area contributed by atoms with Crippen LogP contribution >= 0.6 is 11.3 Å². The van der Waals surface area contributed by atoms with Gasteiger partial charge in [-0.3, -0.25) is 29.3 Å². The largest absolute Gasteiger partial charge is 0.480 e. The number of amides is 2. The Bertz CT molecular complexity index is 2140. The van der Waals surface area contributed by atoms with Crippen molar-refractivity contribution in [1.29, 1.82) is 0 Å². The molecule has 7 rings (SSSR count). The molecule has 2 amide bonds. The van der Waals surface area contributed by atoms with Crippen LogP contribution in [0.4, 0.5) is 0 Å². The van der Waals surface area contributed by atoms with Crippen molar-refractivity contribution in [2.24, 2.45) is 28.2 Å². The first-order valence-corrected chi connectivity index (χ1v) is 22.6. The van der Waals surface area contributed by atoms with E-state index in [0.29, 0.717) is 30.8 Å². The molecule has 60 heavy (non-hydrogen) atoms. The molecule has 2 unspecified atom stereocenters. The van der Waals surface area contributed by atoms with Gasteiger partial charge < -0.3 is 29.7 Å². The second-order valence-electron chi connectivity index (χ2n) is 18.2. The first-order chi connectivity index (χ1) is 28.6. The highest BCUT2D eigenvalue weighted by Gasteiger charge is 2.42. The van der Waals surface area contributed by atoms with Crippen LogP contribution in [-0.4, -0.2) is 136 Å². The molecule has 2 saturated heterocycles. The molecule has 3 aromatic rings. The molecule has 1 saturated carbocycles. The van der Waals surface area contributed by atoms with E-state index in [0.717, 1.165) is 78.3 Å². The molecular weight excluding hydrogens is 781 g/mol. The summed E-state index contributed by atoms with van der Waals surface area (Å²) in [6.45, 7) is 17.9. The number of piperazine rings is 1. The first-order valence-electron chi connectivity index (χ1n) is 21.7. The zero-order valence-corrected chi connectivity index (χ0v) is 37.3. The van der Waals surface area contributed by atoms with Gasteiger partial charge in [-0.25, -0.2) is 10.4 Å². The van der Waals surface area contributed by atoms with Gasteiger partial charge in [-0.1, -0.05) is 33.8 Å². The molecule has 14 nitrogen and oxygen atoms in total. The fourth-order valence-electron chi connectivity index (χ4n) is 9.19. The molecule has 0 radical (unpaired) electrons. The van der Waals surface area contributed by atoms with Gasteiger partial charge >= 0.3 is 5.97 Å². The van der Waals surface area contributed by atoms with E-state index in [1.807, 2.05) is 12.3 Å². The van der Waals surface area contributed by atoms with Crippen LogP contribution in [0.5, 0.6) is 0 Å². The molecule has 7 atom stereocenters. The number of aryl methyl sites for hydroxylation is 1. The lowest BCUT2D eigenvalue weighted by atomic mass is 9.80. The molecule has 3 aliphatic heterocycles. The molecule has 4 N–H and O–H groups in total. The molecular formula is C45H64N8O6S. The summed E-state index contributed by atoms with van der Waals surface area (Å²) in [5.41, 5.74) is 9.68. The molecule has 1 aliphatic carbocycles. The molecule has 2 aromatic heterocycles. The number of carbonyl (C=O) groups is 3. The number of carboxylic acid groups (broad SMARTS) is 1. The Morgan fingerprint density at radius 2 is 1.87 bits per heavy atom. The minimum atomic E-state index is -1.01. The average Bonchev–Trinajstić information content (AvgIpc) is 3.67. The van der Waals surface area contributed by atoms with Crippen molar-refractivity contribution in [3.05, 3.63) is 45.5 Å². The third-order valence-corrected chi connectivity index (χ3v) is 14.0. The Balaban J connectivity index is 1.26. The van der Waals surface area contributed by atoms with Gasteiger partial charge in [-0.2, -0.15) is 0 Å². The number of benzene rings is 1. The maximum absolute atomic E-state index is 13.9. The van der Waals surface area contributed by atoms with E-state index in [-0.39, 0.29) is 54.7 Å². The number of thiazole rings is 1. The second-order valence-corrected chi connectivity index (χ2v) is 19.2. The number of aliphatic hydroxyl groups is 1. The van der Waals surface area contributed by atoms with E-state index >= 15 is 0 Å². The lowest BCUT2D eigenvalue weighted by Crippen LogP contribution is -2.60. The summed E-state index contributed by atoms with van der Waals surface area (Å²) in [6, 6.07) is 4.86. The van der Waals surface area contributed by atoms with Gasteiger partial charge in [0.1, 0.15) is 12.1 Å². The maximum Gasteiger partial charge on any atom is 0.322 e. The highest BCUT2D eigenvalue weighted by atomic mass is 32.1. The van der Waals surface area contributed by atoms with Gasteiger partial charge in [0.05, 0.1) is 34.2 Å². The number of methoxy groups -OCH3 is 1. The van der Waals surface area contributed by atoms with E-state index in [9.17, 15) is 24.6 Å². The Hall–Kier alpha value is -3.99. The third kappa shape index (κ3) is 9.12. The summed E-state index contributed by atoms with van der Waals surface area (Å²) >= 11 is 1.44. The summed E-state index contributed by atoms with van der Waals surface area (Å²) in [5, 5.41) is 28.4. The number of carbonyl (C=O) groups excluding carboxylic acids is 2.